The summed E-state index contributed by atoms with van der Waals surface area (Å²) in [7, 11) is -4.02. The van der Waals surface area contributed by atoms with Crippen LogP contribution in [0.25, 0.3) is 0 Å². The molecule has 1 saturated heterocycles. The van der Waals surface area contributed by atoms with E-state index in [2.05, 4.69) is 4.90 Å². The van der Waals surface area contributed by atoms with Crippen molar-refractivity contribution < 1.29 is 28.1 Å². The van der Waals surface area contributed by atoms with Crippen LogP contribution in [-0.4, -0.2) is 64.9 Å². The zero-order valence-corrected chi connectivity index (χ0v) is 23.1. The molecule has 11 heteroatoms. The average molecular weight is 582 g/mol. The third-order valence-corrected chi connectivity index (χ3v) is 7.68. The number of hydrogen-bond donors (Lipinski definition) is 3. The number of carbonyl (C=O) groups is 1. The van der Waals surface area contributed by atoms with Gasteiger partial charge in [0.25, 0.3) is 16.0 Å². The highest BCUT2D eigenvalue weighted by Gasteiger charge is 2.29. The molecule has 0 spiro atoms. The highest BCUT2D eigenvalue weighted by Crippen LogP contribution is 2.26. The molecule has 0 saturated carbocycles. The number of carbonyl (C=O) groups excluding carboxylic acids is 1. The second kappa shape index (κ2) is 13.5. The van der Waals surface area contributed by atoms with Gasteiger partial charge in [0.05, 0.1) is 33.5 Å². The summed E-state index contributed by atoms with van der Waals surface area (Å²) >= 11 is 11.9. The quantitative estimate of drug-likeness (QED) is 0.208. The van der Waals surface area contributed by atoms with Crippen LogP contribution >= 0.6 is 23.2 Å². The van der Waals surface area contributed by atoms with Crippen LogP contribution in [0, 0.1) is 6.92 Å². The van der Waals surface area contributed by atoms with Crippen LogP contribution in [-0.2, 0) is 21.3 Å². The third-order valence-electron chi connectivity index (χ3n) is 6.07. The minimum Gasteiger partial charge on any atom is -0.392 e. The summed E-state index contributed by atoms with van der Waals surface area (Å²) in [5.41, 5.74) is 2.47. The summed E-state index contributed by atoms with van der Waals surface area (Å²) in [6, 6.07) is 19.8. The Hall–Kier alpha value is -2.50. The fourth-order valence-electron chi connectivity index (χ4n) is 4.01. The van der Waals surface area contributed by atoms with E-state index in [1.165, 1.54) is 12.1 Å². The number of rotatable bonds is 7. The number of aliphatic hydroxyl groups is 1. The van der Waals surface area contributed by atoms with Crippen molar-refractivity contribution in [3.05, 3.63) is 99.5 Å². The van der Waals surface area contributed by atoms with Crippen LogP contribution < -0.4 is 0 Å². The topological polar surface area (TPSA) is 118 Å². The number of aliphatic hydroxyl groups excluding tert-OH is 1. The molecule has 1 fully saturated rings. The van der Waals surface area contributed by atoms with Gasteiger partial charge in [-0.25, -0.2) is 5.06 Å². The lowest BCUT2D eigenvalue weighted by atomic mass is 10.0. The van der Waals surface area contributed by atoms with Gasteiger partial charge in [-0.05, 0) is 48.7 Å². The van der Waals surface area contributed by atoms with Gasteiger partial charge in [0.2, 0.25) is 0 Å². The fraction of sp³-hybridized carbons (Fsp3) is 0.296. The van der Waals surface area contributed by atoms with Crippen molar-refractivity contribution >= 4 is 39.2 Å². The van der Waals surface area contributed by atoms with E-state index in [1.807, 2.05) is 37.3 Å². The Morgan fingerprint density at radius 2 is 1.71 bits per heavy atom. The Kier molecular flexibility index (Phi) is 10.7. The van der Waals surface area contributed by atoms with Crippen molar-refractivity contribution in [2.45, 2.75) is 36.8 Å². The minimum atomic E-state index is -4.02. The van der Waals surface area contributed by atoms with Crippen molar-refractivity contribution in [1.82, 2.24) is 9.96 Å². The van der Waals surface area contributed by atoms with Gasteiger partial charge >= 0.3 is 0 Å². The zero-order valence-electron chi connectivity index (χ0n) is 20.7. The smallest absolute Gasteiger partial charge is 0.294 e. The van der Waals surface area contributed by atoms with Crippen molar-refractivity contribution in [2.75, 3.05) is 19.6 Å². The lowest BCUT2D eigenvalue weighted by Gasteiger charge is -2.30. The predicted molar refractivity (Wildman–Crippen MR) is 146 cm³/mol. The molecule has 3 aromatic carbocycles. The molecular weight excluding hydrogens is 551 g/mol. The Morgan fingerprint density at radius 1 is 1.05 bits per heavy atom. The monoisotopic (exact) mass is 580 g/mol. The predicted octanol–water partition coefficient (Wildman–Crippen LogP) is 4.80. The van der Waals surface area contributed by atoms with E-state index in [0.717, 1.165) is 22.7 Å². The molecule has 8 nitrogen and oxygen atoms in total. The molecule has 0 aliphatic carbocycles. The van der Waals surface area contributed by atoms with Gasteiger partial charge in [0.1, 0.15) is 0 Å². The van der Waals surface area contributed by atoms with E-state index in [1.54, 1.807) is 30.3 Å². The first-order valence-corrected chi connectivity index (χ1v) is 14.1. The second-order valence-corrected chi connectivity index (χ2v) is 11.3. The molecule has 3 aromatic rings. The summed E-state index contributed by atoms with van der Waals surface area (Å²) in [5.74, 6) is -0.429. The minimum absolute atomic E-state index is 0.0132. The molecule has 1 aliphatic rings. The molecular formula is C27H30Cl2N2O6S. The van der Waals surface area contributed by atoms with Gasteiger partial charge in [-0.1, -0.05) is 77.3 Å². The maximum Gasteiger partial charge on any atom is 0.294 e. The van der Waals surface area contributed by atoms with Crippen molar-refractivity contribution in [1.29, 1.82) is 0 Å². The Morgan fingerprint density at radius 3 is 2.26 bits per heavy atom. The van der Waals surface area contributed by atoms with Crippen molar-refractivity contribution in [3.63, 3.8) is 0 Å². The normalized spacial score (nSPS) is 16.4. The number of hydroxylamine groups is 2. The Bertz CT molecular complexity index is 1320. The van der Waals surface area contributed by atoms with Crippen LogP contribution in [0.5, 0.6) is 0 Å². The maximum atomic E-state index is 12.7. The van der Waals surface area contributed by atoms with Crippen molar-refractivity contribution in [3.8, 4) is 0 Å². The molecule has 1 heterocycles. The van der Waals surface area contributed by atoms with E-state index in [9.17, 15) is 23.5 Å². The molecule has 204 valence electrons. The number of nitrogens with zero attached hydrogens (tertiary/aromatic N) is 2. The van der Waals surface area contributed by atoms with E-state index in [4.69, 9.17) is 27.8 Å². The number of hydrogen-bond acceptors (Lipinski definition) is 6. The number of benzene rings is 3. The standard InChI is InChI=1S/C20H22Cl2N2O3.C7H8O3S/c21-17-7-6-14(10-18(17)22)11-20(26)24(27)19(15-4-2-1-3-5-15)13-23-9-8-16(25)12-23;1-6-2-4-7(5-3-6)11(8,9)10/h1-7,10,16,19,25,27H,8-9,11-13H2;2-5H,1H3,(H,8,9,10)/t16?,19-;/m1./s1. The van der Waals surface area contributed by atoms with Gasteiger partial charge in [-0.3, -0.25) is 19.5 Å². The first kappa shape index (κ1) is 30.0. The number of likely N-dealkylation sites (tertiary alicyclic amines) is 1. The molecule has 0 radical (unpaired) electrons. The third kappa shape index (κ3) is 8.78. The first-order chi connectivity index (χ1) is 17.9. The van der Waals surface area contributed by atoms with Gasteiger partial charge in [-0.15, -0.1) is 0 Å². The van der Waals surface area contributed by atoms with Crippen LogP contribution in [0.1, 0.15) is 29.2 Å². The number of β-amino-alcohol motifs (C(OH)–C–C–N with tert-alkyl or cyclic N) is 1. The zero-order chi connectivity index (χ0) is 27.9. The van der Waals surface area contributed by atoms with E-state index in [-0.39, 0.29) is 17.4 Å². The van der Waals surface area contributed by atoms with Crippen molar-refractivity contribution in [2.24, 2.45) is 0 Å². The highest BCUT2D eigenvalue weighted by atomic mass is 35.5. The number of halogens is 2. The van der Waals surface area contributed by atoms with E-state index < -0.39 is 22.1 Å². The van der Waals surface area contributed by atoms with Crippen LogP contribution in [0.2, 0.25) is 10.0 Å². The summed E-state index contributed by atoms with van der Waals surface area (Å²) in [6.45, 7) is 3.57. The number of amides is 1. The van der Waals surface area contributed by atoms with Crippen LogP contribution in [0.15, 0.2) is 77.7 Å². The van der Waals surface area contributed by atoms with Gasteiger partial charge in [0, 0.05) is 19.6 Å². The van der Waals surface area contributed by atoms with Crippen LogP contribution in [0.3, 0.4) is 0 Å². The maximum absolute atomic E-state index is 12.7. The summed E-state index contributed by atoms with van der Waals surface area (Å²) in [6.07, 6.45) is 0.351. The molecule has 0 aromatic heterocycles. The second-order valence-electron chi connectivity index (χ2n) is 9.08. The summed E-state index contributed by atoms with van der Waals surface area (Å²) in [4.78, 5) is 14.7. The molecule has 1 unspecified atom stereocenters. The van der Waals surface area contributed by atoms with Gasteiger partial charge in [-0.2, -0.15) is 8.42 Å². The van der Waals surface area contributed by atoms with E-state index in [0.29, 0.717) is 35.1 Å². The Balaban J connectivity index is 0.000000304. The highest BCUT2D eigenvalue weighted by molar-refractivity contribution is 7.85. The van der Waals surface area contributed by atoms with Gasteiger partial charge in [0.15, 0.2) is 0 Å². The lowest BCUT2D eigenvalue weighted by Crippen LogP contribution is -2.40. The van der Waals surface area contributed by atoms with E-state index >= 15 is 0 Å². The summed E-state index contributed by atoms with van der Waals surface area (Å²) in [5, 5.41) is 22.0. The summed E-state index contributed by atoms with van der Waals surface area (Å²) < 4.78 is 29.6. The molecule has 3 N–H and O–H groups in total. The number of aryl methyl sites for hydroxylation is 1. The van der Waals surface area contributed by atoms with Crippen LogP contribution in [0.4, 0.5) is 0 Å². The molecule has 38 heavy (non-hydrogen) atoms. The first-order valence-electron chi connectivity index (χ1n) is 11.9. The molecule has 0 bridgehead atoms. The molecule has 1 aliphatic heterocycles. The Labute approximate surface area is 232 Å². The average Bonchev–Trinajstić information content (AvgIpc) is 3.29. The van der Waals surface area contributed by atoms with Gasteiger partial charge < -0.3 is 5.11 Å². The lowest BCUT2D eigenvalue weighted by molar-refractivity contribution is -0.177. The SMILES string of the molecule is Cc1ccc(S(=O)(=O)O)cc1.O=C(Cc1ccc(Cl)c(Cl)c1)N(O)[C@H](CN1CCC(O)C1)c1ccccc1. The molecule has 4 rings (SSSR count). The fourth-order valence-corrected chi connectivity index (χ4v) is 4.81. The molecule has 2 atom stereocenters. The molecule has 1 amide bonds. The largest absolute Gasteiger partial charge is 0.392 e.